The van der Waals surface area contributed by atoms with Gasteiger partial charge in [-0.25, -0.2) is 0 Å². The lowest BCUT2D eigenvalue weighted by Crippen LogP contribution is -2.21. The van der Waals surface area contributed by atoms with Gasteiger partial charge >= 0.3 is 0 Å². The average molecular weight is 305 g/mol. The number of phenols is 1. The molecule has 0 radical (unpaired) electrons. The first kappa shape index (κ1) is 13.6. The van der Waals surface area contributed by atoms with Crippen LogP contribution in [0.3, 0.4) is 0 Å². The summed E-state index contributed by atoms with van der Waals surface area (Å²) in [4.78, 5) is 12.4. The first-order chi connectivity index (χ1) is 10.1. The van der Waals surface area contributed by atoms with Gasteiger partial charge in [-0.05, 0) is 30.3 Å². The number of carbonyl (C=O) groups is 1. The van der Waals surface area contributed by atoms with Crippen molar-refractivity contribution in [2.75, 3.05) is 23.8 Å². The lowest BCUT2D eigenvalue weighted by atomic mass is 10.1. The summed E-state index contributed by atoms with van der Waals surface area (Å²) in [5.41, 5.74) is 1.76. The number of phenolic OH excluding ortho intramolecular Hbond substituents is 1. The van der Waals surface area contributed by atoms with Crippen molar-refractivity contribution in [1.29, 1.82) is 0 Å². The van der Waals surface area contributed by atoms with Crippen LogP contribution in [0.15, 0.2) is 36.4 Å². The molecule has 1 amide bonds. The van der Waals surface area contributed by atoms with Crippen molar-refractivity contribution >= 4 is 28.9 Å². The van der Waals surface area contributed by atoms with Crippen LogP contribution in [0.5, 0.6) is 11.5 Å². The number of hydrogen-bond donors (Lipinski definition) is 3. The Kier molecular flexibility index (Phi) is 3.58. The highest BCUT2D eigenvalue weighted by molar-refractivity contribution is 6.32. The molecule has 2 aromatic rings. The lowest BCUT2D eigenvalue weighted by Gasteiger charge is -2.21. The van der Waals surface area contributed by atoms with Crippen molar-refractivity contribution < 1.29 is 14.6 Å². The standard InChI is InChI=1S/C15H13ClN2O3/c16-11-8-9(4-5-13(11)19)18-15(20)10-2-1-3-12-14(10)21-7-6-17-12/h1-5,8,17,19H,6-7H2,(H,18,20). The summed E-state index contributed by atoms with van der Waals surface area (Å²) in [6, 6.07) is 9.85. The van der Waals surface area contributed by atoms with E-state index >= 15 is 0 Å². The molecule has 0 atom stereocenters. The van der Waals surface area contributed by atoms with E-state index < -0.39 is 0 Å². The number of halogens is 1. The molecular weight excluding hydrogens is 292 g/mol. The van der Waals surface area contributed by atoms with Gasteiger partial charge in [-0.2, -0.15) is 0 Å². The van der Waals surface area contributed by atoms with Gasteiger partial charge in [0.2, 0.25) is 0 Å². The van der Waals surface area contributed by atoms with Crippen LogP contribution in [0, 0.1) is 0 Å². The summed E-state index contributed by atoms with van der Waals surface area (Å²) in [5.74, 6) is 0.225. The Hall–Kier alpha value is -2.40. The molecule has 0 spiro atoms. The maximum atomic E-state index is 12.4. The van der Waals surface area contributed by atoms with Crippen LogP contribution in [0.4, 0.5) is 11.4 Å². The number of aromatic hydroxyl groups is 1. The highest BCUT2D eigenvalue weighted by Crippen LogP contribution is 2.32. The molecule has 1 heterocycles. The van der Waals surface area contributed by atoms with Crippen LogP contribution >= 0.6 is 11.6 Å². The molecule has 0 bridgehead atoms. The third-order valence-corrected chi connectivity index (χ3v) is 3.43. The molecule has 0 saturated carbocycles. The van der Waals surface area contributed by atoms with E-state index in [-0.39, 0.29) is 16.7 Å². The highest BCUT2D eigenvalue weighted by atomic mass is 35.5. The summed E-state index contributed by atoms with van der Waals surface area (Å²) in [5, 5.41) is 15.5. The van der Waals surface area contributed by atoms with Gasteiger partial charge in [-0.15, -0.1) is 0 Å². The van der Waals surface area contributed by atoms with E-state index in [0.29, 0.717) is 30.2 Å². The van der Waals surface area contributed by atoms with E-state index in [0.717, 1.165) is 5.69 Å². The van der Waals surface area contributed by atoms with Crippen molar-refractivity contribution in [3.63, 3.8) is 0 Å². The van der Waals surface area contributed by atoms with Crippen LogP contribution < -0.4 is 15.4 Å². The molecule has 0 aromatic heterocycles. The fourth-order valence-electron chi connectivity index (χ4n) is 2.13. The number of hydrogen-bond acceptors (Lipinski definition) is 4. The minimum absolute atomic E-state index is 0.0284. The number of para-hydroxylation sites is 1. The number of nitrogens with one attached hydrogen (secondary N) is 2. The van der Waals surface area contributed by atoms with Gasteiger partial charge in [0.05, 0.1) is 16.3 Å². The summed E-state index contributed by atoms with van der Waals surface area (Å²) < 4.78 is 5.57. The fourth-order valence-corrected chi connectivity index (χ4v) is 2.31. The van der Waals surface area contributed by atoms with Gasteiger partial charge in [-0.1, -0.05) is 17.7 Å². The first-order valence-corrected chi connectivity index (χ1v) is 6.82. The molecule has 21 heavy (non-hydrogen) atoms. The van der Waals surface area contributed by atoms with Crippen molar-refractivity contribution in [3.05, 3.63) is 47.0 Å². The molecule has 0 unspecified atom stereocenters. The highest BCUT2D eigenvalue weighted by Gasteiger charge is 2.19. The Morgan fingerprint density at radius 3 is 3.00 bits per heavy atom. The van der Waals surface area contributed by atoms with Crippen LogP contribution in [-0.4, -0.2) is 24.2 Å². The number of ether oxygens (including phenoxy) is 1. The van der Waals surface area contributed by atoms with E-state index in [9.17, 15) is 9.90 Å². The summed E-state index contributed by atoms with van der Waals surface area (Å²) in [6.07, 6.45) is 0. The number of fused-ring (bicyclic) bond motifs is 1. The Morgan fingerprint density at radius 1 is 1.33 bits per heavy atom. The monoisotopic (exact) mass is 304 g/mol. The van der Waals surface area contributed by atoms with E-state index in [1.54, 1.807) is 18.2 Å². The number of anilines is 2. The van der Waals surface area contributed by atoms with Crippen LogP contribution in [-0.2, 0) is 0 Å². The summed E-state index contributed by atoms with van der Waals surface area (Å²) >= 11 is 5.82. The van der Waals surface area contributed by atoms with E-state index in [4.69, 9.17) is 16.3 Å². The van der Waals surface area contributed by atoms with Gasteiger partial charge in [0.15, 0.2) is 5.75 Å². The van der Waals surface area contributed by atoms with Crippen molar-refractivity contribution in [3.8, 4) is 11.5 Å². The lowest BCUT2D eigenvalue weighted by molar-refractivity contribution is 0.102. The molecule has 2 aromatic carbocycles. The summed E-state index contributed by atoms with van der Waals surface area (Å²) in [6.45, 7) is 1.23. The molecule has 1 aliphatic rings. The van der Waals surface area contributed by atoms with E-state index in [1.165, 1.54) is 12.1 Å². The van der Waals surface area contributed by atoms with Gasteiger partial charge < -0.3 is 20.5 Å². The fraction of sp³-hybridized carbons (Fsp3) is 0.133. The van der Waals surface area contributed by atoms with E-state index in [2.05, 4.69) is 10.6 Å². The van der Waals surface area contributed by atoms with Gasteiger partial charge in [0.1, 0.15) is 12.4 Å². The van der Waals surface area contributed by atoms with Crippen molar-refractivity contribution in [2.24, 2.45) is 0 Å². The van der Waals surface area contributed by atoms with Gasteiger partial charge in [0, 0.05) is 12.2 Å². The number of carbonyl (C=O) groups excluding carboxylic acids is 1. The quantitative estimate of drug-likeness (QED) is 0.746. The van der Waals surface area contributed by atoms with Crippen molar-refractivity contribution in [2.45, 2.75) is 0 Å². The largest absolute Gasteiger partial charge is 0.506 e. The molecule has 1 aliphatic heterocycles. The van der Waals surface area contributed by atoms with Crippen LogP contribution in [0.25, 0.3) is 0 Å². The second-order valence-corrected chi connectivity index (χ2v) is 4.99. The molecule has 5 nitrogen and oxygen atoms in total. The van der Waals surface area contributed by atoms with Crippen LogP contribution in [0.2, 0.25) is 5.02 Å². The van der Waals surface area contributed by atoms with E-state index in [1.807, 2.05) is 6.07 Å². The number of rotatable bonds is 2. The molecule has 3 rings (SSSR count). The second-order valence-electron chi connectivity index (χ2n) is 4.58. The smallest absolute Gasteiger partial charge is 0.259 e. The maximum absolute atomic E-state index is 12.4. The minimum Gasteiger partial charge on any atom is -0.506 e. The Labute approximate surface area is 126 Å². The van der Waals surface area contributed by atoms with Crippen molar-refractivity contribution in [1.82, 2.24) is 0 Å². The average Bonchev–Trinajstić information content (AvgIpc) is 2.50. The molecule has 108 valence electrons. The molecule has 6 heteroatoms. The SMILES string of the molecule is O=C(Nc1ccc(O)c(Cl)c1)c1cccc2c1OCCN2. The second kappa shape index (κ2) is 5.54. The topological polar surface area (TPSA) is 70.6 Å². The number of benzene rings is 2. The molecule has 0 aliphatic carbocycles. The zero-order valence-corrected chi connectivity index (χ0v) is 11.8. The number of amides is 1. The van der Waals surface area contributed by atoms with Crippen LogP contribution in [0.1, 0.15) is 10.4 Å². The molecule has 0 fully saturated rings. The predicted molar refractivity (Wildman–Crippen MR) is 81.5 cm³/mol. The summed E-state index contributed by atoms with van der Waals surface area (Å²) in [7, 11) is 0. The normalized spacial score (nSPS) is 12.8. The minimum atomic E-state index is -0.294. The molecule has 3 N–H and O–H groups in total. The third-order valence-electron chi connectivity index (χ3n) is 3.13. The molecule has 0 saturated heterocycles. The maximum Gasteiger partial charge on any atom is 0.259 e. The first-order valence-electron chi connectivity index (χ1n) is 6.45. The zero-order chi connectivity index (χ0) is 14.8. The third kappa shape index (κ3) is 2.73. The molecular formula is C15H13ClN2O3. The van der Waals surface area contributed by atoms with Gasteiger partial charge in [0.25, 0.3) is 5.91 Å². The van der Waals surface area contributed by atoms with Gasteiger partial charge in [-0.3, -0.25) is 4.79 Å². The Morgan fingerprint density at radius 2 is 2.19 bits per heavy atom. The Bertz CT molecular complexity index is 703. The zero-order valence-electron chi connectivity index (χ0n) is 11.0. The Balaban J connectivity index is 1.87. The predicted octanol–water partition coefficient (Wildman–Crippen LogP) is 3.10.